The smallest absolute Gasteiger partial charge is 0.305 e. The lowest BCUT2D eigenvalue weighted by atomic mass is 9.71. The Morgan fingerprint density at radius 2 is 1.32 bits per heavy atom. The average molecular weight is 504 g/mol. The third-order valence-corrected chi connectivity index (χ3v) is 7.42. The van der Waals surface area contributed by atoms with Gasteiger partial charge >= 0.3 is 11.9 Å². The summed E-state index contributed by atoms with van der Waals surface area (Å²) in [5, 5.41) is 0. The van der Waals surface area contributed by atoms with Crippen LogP contribution in [0.4, 0.5) is 0 Å². The predicted octanol–water partition coefficient (Wildman–Crippen LogP) is 6.41. The summed E-state index contributed by atoms with van der Waals surface area (Å²) in [7, 11) is 0. The van der Waals surface area contributed by atoms with Crippen molar-refractivity contribution in [2.75, 3.05) is 19.8 Å². The van der Waals surface area contributed by atoms with E-state index in [1.807, 2.05) is 33.8 Å². The lowest BCUT2D eigenvalue weighted by molar-refractivity contribution is -0.145. The van der Waals surface area contributed by atoms with E-state index >= 15 is 0 Å². The van der Waals surface area contributed by atoms with E-state index in [0.29, 0.717) is 50.7 Å². The van der Waals surface area contributed by atoms with Gasteiger partial charge in [0, 0.05) is 37.9 Å². The molecule has 37 heavy (non-hydrogen) atoms. The maximum absolute atomic E-state index is 12.8. The fraction of sp³-hybridized carbons (Fsp3) is 0.500. The first-order chi connectivity index (χ1) is 17.7. The predicted molar refractivity (Wildman–Crippen MR) is 147 cm³/mol. The quantitative estimate of drug-likeness (QED) is 0.247. The number of benzene rings is 2. The number of rotatable bonds is 12. The normalized spacial score (nSPS) is 15.4. The van der Waals surface area contributed by atoms with Crippen LogP contribution in [-0.4, -0.2) is 36.6 Å². The summed E-state index contributed by atoms with van der Waals surface area (Å²) in [4.78, 5) is 28.0. The monoisotopic (exact) mass is 503 g/mol. The molecule has 1 aliphatic carbocycles. The highest BCUT2D eigenvalue weighted by molar-refractivity contribution is 5.87. The standard InChI is InChI=1S/C32H41NO4/c1-6-17-33-18-24-9-7-11-26-30(24)31-25(19-33)10-8-12-27(31)32(26,15-13-28(34)36-20-22(2)3)16-14-29(35)37-21-23(4)5/h6-12,22-23H,1,13-21H2,2-5H3. The number of esters is 2. The van der Waals surface area contributed by atoms with Crippen molar-refractivity contribution in [2.45, 2.75) is 71.9 Å². The minimum absolute atomic E-state index is 0.179. The minimum atomic E-state index is -0.439. The van der Waals surface area contributed by atoms with Gasteiger partial charge in [-0.15, -0.1) is 6.58 Å². The van der Waals surface area contributed by atoms with Crippen LogP contribution in [0.5, 0.6) is 0 Å². The Morgan fingerprint density at radius 3 is 1.73 bits per heavy atom. The van der Waals surface area contributed by atoms with Crippen LogP contribution in [0.25, 0.3) is 11.1 Å². The summed E-state index contributed by atoms with van der Waals surface area (Å²) >= 11 is 0. The lowest BCUT2D eigenvalue weighted by Crippen LogP contribution is -2.29. The number of hydrogen-bond acceptors (Lipinski definition) is 5. The summed E-state index contributed by atoms with van der Waals surface area (Å²) in [5.74, 6) is 0.232. The van der Waals surface area contributed by atoms with Gasteiger partial charge in [0.1, 0.15) is 0 Å². The van der Waals surface area contributed by atoms with Gasteiger partial charge in [-0.1, -0.05) is 70.2 Å². The van der Waals surface area contributed by atoms with Crippen molar-refractivity contribution in [3.05, 3.63) is 71.3 Å². The molecule has 0 spiro atoms. The highest BCUT2D eigenvalue weighted by Gasteiger charge is 2.46. The fourth-order valence-electron chi connectivity index (χ4n) is 5.80. The molecule has 2 aromatic carbocycles. The van der Waals surface area contributed by atoms with Crippen molar-refractivity contribution in [1.82, 2.24) is 4.90 Å². The van der Waals surface area contributed by atoms with E-state index in [2.05, 4.69) is 47.9 Å². The summed E-state index contributed by atoms with van der Waals surface area (Å²) in [5.41, 5.74) is 7.15. The second-order valence-electron chi connectivity index (χ2n) is 11.4. The van der Waals surface area contributed by atoms with Crippen LogP contribution >= 0.6 is 0 Å². The molecular formula is C32H41NO4. The van der Waals surface area contributed by atoms with Gasteiger partial charge in [-0.2, -0.15) is 0 Å². The topological polar surface area (TPSA) is 55.8 Å². The molecule has 0 saturated heterocycles. The number of nitrogens with zero attached hydrogens (tertiary/aromatic N) is 1. The maximum atomic E-state index is 12.8. The van der Waals surface area contributed by atoms with Gasteiger partial charge in [0.05, 0.1) is 13.2 Å². The first-order valence-electron chi connectivity index (χ1n) is 13.6. The zero-order chi connectivity index (χ0) is 26.6. The number of carbonyl (C=O) groups excluding carboxylic acids is 2. The van der Waals surface area contributed by atoms with Crippen molar-refractivity contribution >= 4 is 11.9 Å². The Morgan fingerprint density at radius 1 is 0.865 bits per heavy atom. The molecule has 0 aromatic heterocycles. The Kier molecular flexibility index (Phi) is 8.53. The van der Waals surface area contributed by atoms with E-state index in [1.165, 1.54) is 33.4 Å². The van der Waals surface area contributed by atoms with Gasteiger partial charge in [0.2, 0.25) is 0 Å². The van der Waals surface area contributed by atoms with Crippen LogP contribution in [-0.2, 0) is 37.6 Å². The summed E-state index contributed by atoms with van der Waals surface area (Å²) in [6.07, 6.45) is 3.78. The first-order valence-corrected chi connectivity index (χ1v) is 13.6. The summed E-state index contributed by atoms with van der Waals surface area (Å²) in [6.45, 7) is 15.5. The zero-order valence-electron chi connectivity index (χ0n) is 22.8. The van der Waals surface area contributed by atoms with Gasteiger partial charge < -0.3 is 9.47 Å². The van der Waals surface area contributed by atoms with Crippen molar-refractivity contribution in [3.8, 4) is 11.1 Å². The van der Waals surface area contributed by atoms with Gasteiger partial charge in [-0.3, -0.25) is 14.5 Å². The van der Waals surface area contributed by atoms with Crippen LogP contribution in [0.2, 0.25) is 0 Å². The molecule has 198 valence electrons. The van der Waals surface area contributed by atoms with Crippen molar-refractivity contribution in [2.24, 2.45) is 11.8 Å². The van der Waals surface area contributed by atoms with Crippen LogP contribution in [0.15, 0.2) is 49.1 Å². The number of carbonyl (C=O) groups is 2. The van der Waals surface area contributed by atoms with Gasteiger partial charge in [0.25, 0.3) is 0 Å². The van der Waals surface area contributed by atoms with E-state index in [4.69, 9.17) is 9.47 Å². The van der Waals surface area contributed by atoms with Crippen molar-refractivity contribution in [3.63, 3.8) is 0 Å². The number of hydrogen-bond donors (Lipinski definition) is 0. The van der Waals surface area contributed by atoms with Gasteiger partial charge in [0.15, 0.2) is 0 Å². The Balaban J connectivity index is 1.74. The van der Waals surface area contributed by atoms with E-state index in [1.54, 1.807) is 0 Å². The molecule has 0 fully saturated rings. The van der Waals surface area contributed by atoms with Crippen LogP contribution in [0.3, 0.4) is 0 Å². The van der Waals surface area contributed by atoms with E-state index in [-0.39, 0.29) is 11.9 Å². The van der Waals surface area contributed by atoms with Crippen molar-refractivity contribution in [1.29, 1.82) is 0 Å². The molecule has 1 heterocycles. The molecule has 2 aromatic rings. The Labute approximate surface area is 221 Å². The molecule has 0 unspecified atom stereocenters. The lowest BCUT2D eigenvalue weighted by Gasteiger charge is -2.33. The molecule has 0 N–H and O–H groups in total. The highest BCUT2D eigenvalue weighted by Crippen LogP contribution is 2.56. The van der Waals surface area contributed by atoms with Crippen LogP contribution in [0.1, 0.15) is 75.6 Å². The SMILES string of the molecule is C=CCN1Cc2cccc3c2-c2c(cccc2C3(CCC(=O)OCC(C)C)CCC(=O)OCC(C)C)C1. The third-order valence-electron chi connectivity index (χ3n) is 7.42. The maximum Gasteiger partial charge on any atom is 0.305 e. The molecule has 1 aliphatic heterocycles. The second-order valence-corrected chi connectivity index (χ2v) is 11.4. The first kappa shape index (κ1) is 27.1. The molecule has 0 saturated carbocycles. The van der Waals surface area contributed by atoms with Gasteiger partial charge in [-0.25, -0.2) is 0 Å². The Hall–Kier alpha value is -2.92. The third kappa shape index (κ3) is 5.82. The molecule has 4 rings (SSSR count). The molecule has 5 heteroatoms. The number of ether oxygens (including phenoxy) is 2. The molecular weight excluding hydrogens is 462 g/mol. The molecule has 5 nitrogen and oxygen atoms in total. The average Bonchev–Trinajstić information content (AvgIpc) is 3.04. The minimum Gasteiger partial charge on any atom is -0.465 e. The molecule has 0 radical (unpaired) electrons. The molecule has 0 bridgehead atoms. The zero-order valence-corrected chi connectivity index (χ0v) is 22.8. The largest absolute Gasteiger partial charge is 0.465 e. The van der Waals surface area contributed by atoms with Gasteiger partial charge in [-0.05, 0) is 58.1 Å². The highest BCUT2D eigenvalue weighted by atomic mass is 16.5. The molecule has 0 atom stereocenters. The van der Waals surface area contributed by atoms with Crippen LogP contribution in [0, 0.1) is 11.8 Å². The summed E-state index contributed by atoms with van der Waals surface area (Å²) < 4.78 is 11.1. The van der Waals surface area contributed by atoms with E-state index in [0.717, 1.165) is 19.6 Å². The molecule has 0 amide bonds. The van der Waals surface area contributed by atoms with E-state index < -0.39 is 5.41 Å². The summed E-state index contributed by atoms with van der Waals surface area (Å²) in [6, 6.07) is 13.1. The molecule has 2 aliphatic rings. The van der Waals surface area contributed by atoms with Crippen LogP contribution < -0.4 is 0 Å². The van der Waals surface area contributed by atoms with E-state index in [9.17, 15) is 9.59 Å². The second kappa shape index (κ2) is 11.6. The Bertz CT molecular complexity index is 1060. The van der Waals surface area contributed by atoms with Crippen molar-refractivity contribution < 1.29 is 19.1 Å². The fourth-order valence-corrected chi connectivity index (χ4v) is 5.80.